The maximum absolute atomic E-state index is 12.8. The van der Waals surface area contributed by atoms with Crippen molar-refractivity contribution >= 4 is 23.4 Å². The van der Waals surface area contributed by atoms with Crippen LogP contribution in [0.5, 0.6) is 0 Å². The topological polar surface area (TPSA) is 59.8 Å². The fourth-order valence-corrected chi connectivity index (χ4v) is 2.68. The first-order valence-electron chi connectivity index (χ1n) is 6.75. The minimum absolute atomic E-state index is 0.178. The molecule has 0 bridgehead atoms. The third kappa shape index (κ3) is 3.94. The first-order chi connectivity index (χ1) is 10.5. The second-order valence-corrected chi connectivity index (χ2v) is 5.99. The van der Waals surface area contributed by atoms with Crippen molar-refractivity contribution in [2.75, 3.05) is 5.32 Å². The fraction of sp³-hybridized carbons (Fsp3) is 0.267. The number of thioether (sulfide) groups is 1. The number of nitrogens with one attached hydrogen (secondary N) is 1. The molecule has 2 aromatic rings. The van der Waals surface area contributed by atoms with Gasteiger partial charge in [0.1, 0.15) is 11.6 Å². The van der Waals surface area contributed by atoms with Crippen LogP contribution in [-0.4, -0.2) is 25.9 Å². The summed E-state index contributed by atoms with van der Waals surface area (Å²) in [5, 5.41) is 11.1. The monoisotopic (exact) mass is 320 g/mol. The molecule has 0 fully saturated rings. The predicted molar refractivity (Wildman–Crippen MR) is 85.3 cm³/mol. The molecule has 1 amide bonds. The maximum Gasteiger partial charge on any atom is 0.237 e. The lowest BCUT2D eigenvalue weighted by atomic mass is 10.3. The van der Waals surface area contributed by atoms with Gasteiger partial charge in [0.15, 0.2) is 5.16 Å². The van der Waals surface area contributed by atoms with Crippen LogP contribution in [-0.2, 0) is 11.3 Å². The number of allylic oxidation sites excluding steroid dienone is 1. The molecular formula is C15H17FN4OS. The van der Waals surface area contributed by atoms with Gasteiger partial charge in [-0.1, -0.05) is 17.8 Å². The van der Waals surface area contributed by atoms with E-state index in [-0.39, 0.29) is 17.0 Å². The van der Waals surface area contributed by atoms with Crippen LogP contribution in [0, 0.1) is 12.7 Å². The number of carbonyl (C=O) groups is 1. The highest BCUT2D eigenvalue weighted by atomic mass is 32.2. The van der Waals surface area contributed by atoms with Crippen LogP contribution in [0.2, 0.25) is 0 Å². The van der Waals surface area contributed by atoms with Crippen LogP contribution in [0.15, 0.2) is 42.1 Å². The van der Waals surface area contributed by atoms with Crippen LogP contribution < -0.4 is 5.32 Å². The van der Waals surface area contributed by atoms with Crippen molar-refractivity contribution in [2.45, 2.75) is 30.8 Å². The number of rotatable bonds is 6. The molecule has 0 saturated carbocycles. The Balaban J connectivity index is 2.02. The van der Waals surface area contributed by atoms with Crippen molar-refractivity contribution in [3.8, 4) is 0 Å². The summed E-state index contributed by atoms with van der Waals surface area (Å²) >= 11 is 1.32. The molecular weight excluding hydrogens is 303 g/mol. The Hall–Kier alpha value is -2.15. The maximum atomic E-state index is 12.8. The van der Waals surface area contributed by atoms with E-state index in [1.807, 2.05) is 11.5 Å². The summed E-state index contributed by atoms with van der Waals surface area (Å²) < 4.78 is 14.7. The first kappa shape index (κ1) is 16.2. The highest BCUT2D eigenvalue weighted by Crippen LogP contribution is 2.23. The molecule has 22 heavy (non-hydrogen) atoms. The Morgan fingerprint density at radius 2 is 2.14 bits per heavy atom. The average Bonchev–Trinajstić information content (AvgIpc) is 2.83. The Morgan fingerprint density at radius 1 is 1.45 bits per heavy atom. The summed E-state index contributed by atoms with van der Waals surface area (Å²) in [4.78, 5) is 12.2. The van der Waals surface area contributed by atoms with Gasteiger partial charge >= 0.3 is 0 Å². The molecule has 1 aromatic heterocycles. The van der Waals surface area contributed by atoms with Gasteiger partial charge in [-0.3, -0.25) is 4.79 Å². The molecule has 0 aliphatic heterocycles. The molecule has 0 radical (unpaired) electrons. The smallest absolute Gasteiger partial charge is 0.237 e. The number of aromatic nitrogens is 3. The van der Waals surface area contributed by atoms with Crippen molar-refractivity contribution in [2.24, 2.45) is 0 Å². The zero-order valence-electron chi connectivity index (χ0n) is 12.4. The number of amides is 1. The lowest BCUT2D eigenvalue weighted by Crippen LogP contribution is -2.23. The van der Waals surface area contributed by atoms with Gasteiger partial charge in [0.25, 0.3) is 0 Å². The average molecular weight is 320 g/mol. The summed E-state index contributed by atoms with van der Waals surface area (Å²) in [5.41, 5.74) is 0.558. The van der Waals surface area contributed by atoms with Gasteiger partial charge in [-0.15, -0.1) is 16.8 Å². The molecule has 1 aromatic carbocycles. The normalized spacial score (nSPS) is 12.0. The zero-order valence-corrected chi connectivity index (χ0v) is 13.2. The Kier molecular flexibility index (Phi) is 5.32. The van der Waals surface area contributed by atoms with Crippen molar-refractivity contribution in [3.05, 3.63) is 48.6 Å². The summed E-state index contributed by atoms with van der Waals surface area (Å²) in [7, 11) is 0. The van der Waals surface area contributed by atoms with E-state index in [1.165, 1.54) is 36.0 Å². The molecule has 1 atom stereocenters. The standard InChI is InChI=1S/C15H17FN4OS/c1-4-9-20-11(3)18-19-15(20)22-10(2)14(21)17-13-7-5-12(16)6-8-13/h4-8,10H,1,9H2,2-3H3,(H,17,21)/t10-/m1/s1. The van der Waals surface area contributed by atoms with E-state index in [9.17, 15) is 9.18 Å². The summed E-state index contributed by atoms with van der Waals surface area (Å²) in [6.45, 7) is 7.92. The molecule has 1 N–H and O–H groups in total. The van der Waals surface area contributed by atoms with E-state index in [4.69, 9.17) is 0 Å². The highest BCUT2D eigenvalue weighted by Gasteiger charge is 2.19. The summed E-state index contributed by atoms with van der Waals surface area (Å²) in [5.74, 6) is 0.254. The van der Waals surface area contributed by atoms with Gasteiger partial charge in [-0.05, 0) is 38.1 Å². The molecule has 0 unspecified atom stereocenters. The van der Waals surface area contributed by atoms with Crippen LogP contribution in [0.25, 0.3) is 0 Å². The predicted octanol–water partition coefficient (Wildman–Crippen LogP) is 3.03. The van der Waals surface area contributed by atoms with Crippen molar-refractivity contribution in [3.63, 3.8) is 0 Å². The molecule has 116 valence electrons. The van der Waals surface area contributed by atoms with E-state index in [0.29, 0.717) is 17.4 Å². The molecule has 7 heteroatoms. The molecule has 5 nitrogen and oxygen atoms in total. The molecule has 0 aliphatic rings. The Bertz CT molecular complexity index is 669. The van der Waals surface area contributed by atoms with E-state index in [2.05, 4.69) is 22.1 Å². The van der Waals surface area contributed by atoms with Gasteiger partial charge in [0.05, 0.1) is 5.25 Å². The number of hydrogen-bond acceptors (Lipinski definition) is 4. The number of benzene rings is 1. The van der Waals surface area contributed by atoms with Gasteiger partial charge in [0.2, 0.25) is 5.91 Å². The fourth-order valence-electron chi connectivity index (χ4n) is 1.78. The number of aryl methyl sites for hydroxylation is 1. The molecule has 2 rings (SSSR count). The quantitative estimate of drug-likeness (QED) is 0.656. The number of carbonyl (C=O) groups excluding carboxylic acids is 1. The molecule has 0 spiro atoms. The number of halogens is 1. The Morgan fingerprint density at radius 3 is 2.77 bits per heavy atom. The van der Waals surface area contributed by atoms with Gasteiger partial charge in [-0.25, -0.2) is 4.39 Å². The molecule has 0 saturated heterocycles. The van der Waals surface area contributed by atoms with Gasteiger partial charge in [0, 0.05) is 12.2 Å². The second kappa shape index (κ2) is 7.22. The van der Waals surface area contributed by atoms with Crippen LogP contribution in [0.3, 0.4) is 0 Å². The zero-order chi connectivity index (χ0) is 16.1. The second-order valence-electron chi connectivity index (χ2n) is 4.69. The SMILES string of the molecule is C=CCn1c(C)nnc1S[C@H](C)C(=O)Nc1ccc(F)cc1. The largest absolute Gasteiger partial charge is 0.325 e. The van der Waals surface area contributed by atoms with Crippen LogP contribution in [0.1, 0.15) is 12.7 Å². The van der Waals surface area contributed by atoms with Gasteiger partial charge in [-0.2, -0.15) is 0 Å². The third-order valence-electron chi connectivity index (χ3n) is 2.98. The number of nitrogens with zero attached hydrogens (tertiary/aromatic N) is 3. The number of anilines is 1. The lowest BCUT2D eigenvalue weighted by Gasteiger charge is -2.12. The summed E-state index contributed by atoms with van der Waals surface area (Å²) in [6.07, 6.45) is 1.75. The minimum atomic E-state index is -0.364. The minimum Gasteiger partial charge on any atom is -0.325 e. The molecule has 1 heterocycles. The first-order valence-corrected chi connectivity index (χ1v) is 7.63. The highest BCUT2D eigenvalue weighted by molar-refractivity contribution is 8.00. The van der Waals surface area contributed by atoms with Crippen LogP contribution >= 0.6 is 11.8 Å². The van der Waals surface area contributed by atoms with Crippen molar-refractivity contribution in [1.29, 1.82) is 0 Å². The lowest BCUT2D eigenvalue weighted by molar-refractivity contribution is -0.115. The van der Waals surface area contributed by atoms with Crippen molar-refractivity contribution < 1.29 is 9.18 Å². The number of hydrogen-bond donors (Lipinski definition) is 1. The van der Waals surface area contributed by atoms with E-state index >= 15 is 0 Å². The van der Waals surface area contributed by atoms with Crippen molar-refractivity contribution in [1.82, 2.24) is 14.8 Å². The van der Waals surface area contributed by atoms with E-state index < -0.39 is 0 Å². The van der Waals surface area contributed by atoms with E-state index in [1.54, 1.807) is 13.0 Å². The molecule has 0 aliphatic carbocycles. The van der Waals surface area contributed by atoms with Gasteiger partial charge < -0.3 is 9.88 Å². The summed E-state index contributed by atoms with van der Waals surface area (Å²) in [6, 6.07) is 5.65. The van der Waals surface area contributed by atoms with E-state index in [0.717, 1.165) is 5.82 Å². The third-order valence-corrected chi connectivity index (χ3v) is 4.06. The Labute approximate surface area is 132 Å². The van der Waals surface area contributed by atoms with Crippen LogP contribution in [0.4, 0.5) is 10.1 Å².